The molecule has 5 nitrogen and oxygen atoms in total. The summed E-state index contributed by atoms with van der Waals surface area (Å²) in [6.07, 6.45) is 3.78. The first-order valence-electron chi connectivity index (χ1n) is 5.28. The summed E-state index contributed by atoms with van der Waals surface area (Å²) in [5, 5.41) is 9.63. The van der Waals surface area contributed by atoms with Crippen LogP contribution in [0.15, 0.2) is 12.3 Å². The van der Waals surface area contributed by atoms with E-state index in [0.29, 0.717) is 11.7 Å². The first kappa shape index (κ1) is 13.0. The second-order valence-corrected chi connectivity index (χ2v) is 3.82. The summed E-state index contributed by atoms with van der Waals surface area (Å²) in [6.45, 7) is 1.71. The highest BCUT2D eigenvalue weighted by molar-refractivity contribution is 5.92. The molecule has 2 N–H and O–H groups in total. The Kier molecular flexibility index (Phi) is 4.76. The van der Waals surface area contributed by atoms with Gasteiger partial charge < -0.3 is 10.2 Å². The maximum absolute atomic E-state index is 12.0. The quantitative estimate of drug-likeness (QED) is 0.821. The SMILES string of the molecule is CNCC1CCCN1C(=O)c1ccn[nH]1.Cl. The Labute approximate surface area is 101 Å². The first-order chi connectivity index (χ1) is 7.33. The minimum atomic E-state index is 0. The molecule has 1 amide bonds. The number of rotatable bonds is 3. The van der Waals surface area contributed by atoms with Crippen molar-refractivity contribution in [1.82, 2.24) is 20.4 Å². The summed E-state index contributed by atoms with van der Waals surface area (Å²) in [7, 11) is 1.91. The molecule has 0 aromatic carbocycles. The third-order valence-electron chi connectivity index (χ3n) is 2.81. The summed E-state index contributed by atoms with van der Waals surface area (Å²) < 4.78 is 0. The molecule has 1 atom stereocenters. The molecule has 0 aliphatic carbocycles. The van der Waals surface area contributed by atoms with Crippen LogP contribution >= 0.6 is 12.4 Å². The van der Waals surface area contributed by atoms with Crippen molar-refractivity contribution in [2.45, 2.75) is 18.9 Å². The molecular formula is C10H17ClN4O. The standard InChI is InChI=1S/C10H16N4O.ClH/c1-11-7-8-3-2-6-14(8)10(15)9-4-5-12-13-9;/h4-5,8,11H,2-3,6-7H2,1H3,(H,12,13);1H. The zero-order chi connectivity index (χ0) is 10.7. The number of halogens is 1. The van der Waals surface area contributed by atoms with E-state index in [4.69, 9.17) is 0 Å². The van der Waals surface area contributed by atoms with Gasteiger partial charge in [-0.1, -0.05) is 0 Å². The molecule has 16 heavy (non-hydrogen) atoms. The van der Waals surface area contributed by atoms with Crippen molar-refractivity contribution in [3.63, 3.8) is 0 Å². The van der Waals surface area contributed by atoms with Gasteiger partial charge in [0.1, 0.15) is 5.69 Å². The number of aromatic amines is 1. The number of hydrogen-bond acceptors (Lipinski definition) is 3. The van der Waals surface area contributed by atoms with E-state index in [2.05, 4.69) is 15.5 Å². The van der Waals surface area contributed by atoms with Crippen molar-refractivity contribution >= 4 is 18.3 Å². The fourth-order valence-corrected chi connectivity index (χ4v) is 2.08. The minimum Gasteiger partial charge on any atom is -0.333 e. The predicted octanol–water partition coefficient (Wildman–Crippen LogP) is 0.655. The van der Waals surface area contributed by atoms with Crippen LogP contribution in [-0.2, 0) is 0 Å². The molecule has 1 aliphatic rings. The Hall–Kier alpha value is -1.07. The van der Waals surface area contributed by atoms with Crippen molar-refractivity contribution < 1.29 is 4.79 Å². The number of carbonyl (C=O) groups excluding carboxylic acids is 1. The van der Waals surface area contributed by atoms with Crippen LogP contribution in [0.2, 0.25) is 0 Å². The summed E-state index contributed by atoms with van der Waals surface area (Å²) in [5.74, 6) is 0.0604. The van der Waals surface area contributed by atoms with E-state index in [0.717, 1.165) is 25.9 Å². The lowest BCUT2D eigenvalue weighted by Crippen LogP contribution is -2.40. The Balaban J connectivity index is 0.00000128. The number of nitrogens with zero attached hydrogens (tertiary/aromatic N) is 2. The average molecular weight is 245 g/mol. The molecule has 1 saturated heterocycles. The van der Waals surface area contributed by atoms with E-state index < -0.39 is 0 Å². The lowest BCUT2D eigenvalue weighted by atomic mass is 10.2. The van der Waals surface area contributed by atoms with Gasteiger partial charge in [-0.2, -0.15) is 5.10 Å². The van der Waals surface area contributed by atoms with Crippen LogP contribution in [0.4, 0.5) is 0 Å². The van der Waals surface area contributed by atoms with Gasteiger partial charge in [0.2, 0.25) is 0 Å². The number of likely N-dealkylation sites (tertiary alicyclic amines) is 1. The summed E-state index contributed by atoms with van der Waals surface area (Å²) in [4.78, 5) is 13.9. The summed E-state index contributed by atoms with van der Waals surface area (Å²) >= 11 is 0. The molecule has 6 heteroatoms. The number of likely N-dealkylation sites (N-methyl/N-ethyl adjacent to an activating group) is 1. The van der Waals surface area contributed by atoms with Crippen LogP contribution in [0.5, 0.6) is 0 Å². The molecule has 1 aliphatic heterocycles. The Morgan fingerprint density at radius 2 is 2.56 bits per heavy atom. The molecule has 0 saturated carbocycles. The Bertz CT molecular complexity index is 328. The van der Waals surface area contributed by atoms with Gasteiger partial charge in [0, 0.05) is 25.3 Å². The molecule has 1 unspecified atom stereocenters. The molecule has 0 bridgehead atoms. The topological polar surface area (TPSA) is 61.0 Å². The lowest BCUT2D eigenvalue weighted by molar-refractivity contribution is 0.0731. The number of amides is 1. The van der Waals surface area contributed by atoms with Crippen LogP contribution in [0.1, 0.15) is 23.3 Å². The molecule has 1 aromatic rings. The molecule has 2 heterocycles. The van der Waals surface area contributed by atoms with Gasteiger partial charge >= 0.3 is 0 Å². The zero-order valence-electron chi connectivity index (χ0n) is 9.27. The number of carbonyl (C=O) groups is 1. The van der Waals surface area contributed by atoms with Gasteiger partial charge in [-0.3, -0.25) is 9.89 Å². The molecule has 0 spiro atoms. The summed E-state index contributed by atoms with van der Waals surface area (Å²) in [5.41, 5.74) is 0.581. The first-order valence-corrected chi connectivity index (χ1v) is 5.28. The van der Waals surface area contributed by atoms with Crippen molar-refractivity contribution in [3.8, 4) is 0 Å². The van der Waals surface area contributed by atoms with Gasteiger partial charge in [-0.25, -0.2) is 0 Å². The van der Waals surface area contributed by atoms with E-state index in [-0.39, 0.29) is 18.3 Å². The van der Waals surface area contributed by atoms with E-state index in [1.165, 1.54) is 0 Å². The van der Waals surface area contributed by atoms with E-state index in [1.807, 2.05) is 11.9 Å². The lowest BCUT2D eigenvalue weighted by Gasteiger charge is -2.23. The normalized spacial score (nSPS) is 19.6. The van der Waals surface area contributed by atoms with Crippen molar-refractivity contribution in [3.05, 3.63) is 18.0 Å². The molecule has 90 valence electrons. The average Bonchev–Trinajstić information content (AvgIpc) is 2.87. The molecule has 2 rings (SSSR count). The third kappa shape index (κ3) is 2.54. The maximum atomic E-state index is 12.0. The summed E-state index contributed by atoms with van der Waals surface area (Å²) in [6, 6.07) is 2.04. The highest BCUT2D eigenvalue weighted by Gasteiger charge is 2.29. The van der Waals surface area contributed by atoms with Crippen molar-refractivity contribution in [2.75, 3.05) is 20.1 Å². The minimum absolute atomic E-state index is 0. The Morgan fingerprint density at radius 1 is 1.75 bits per heavy atom. The van der Waals surface area contributed by atoms with Gasteiger partial charge in [0.25, 0.3) is 5.91 Å². The van der Waals surface area contributed by atoms with Crippen molar-refractivity contribution in [1.29, 1.82) is 0 Å². The van der Waals surface area contributed by atoms with E-state index in [9.17, 15) is 4.79 Å². The third-order valence-corrected chi connectivity index (χ3v) is 2.81. The van der Waals surface area contributed by atoms with Crippen LogP contribution in [0.3, 0.4) is 0 Å². The number of hydrogen-bond donors (Lipinski definition) is 2. The van der Waals surface area contributed by atoms with Crippen LogP contribution in [0, 0.1) is 0 Å². The number of nitrogens with one attached hydrogen (secondary N) is 2. The van der Waals surface area contributed by atoms with Gasteiger partial charge in [0.05, 0.1) is 0 Å². The smallest absolute Gasteiger partial charge is 0.272 e. The second kappa shape index (κ2) is 5.86. The van der Waals surface area contributed by atoms with Crippen LogP contribution in [0.25, 0.3) is 0 Å². The molecular weight excluding hydrogens is 228 g/mol. The Morgan fingerprint density at radius 3 is 3.19 bits per heavy atom. The van der Waals surface area contributed by atoms with Crippen LogP contribution in [-0.4, -0.2) is 47.2 Å². The van der Waals surface area contributed by atoms with E-state index in [1.54, 1.807) is 12.3 Å². The van der Waals surface area contributed by atoms with Gasteiger partial charge in [-0.15, -0.1) is 12.4 Å². The highest BCUT2D eigenvalue weighted by atomic mass is 35.5. The highest BCUT2D eigenvalue weighted by Crippen LogP contribution is 2.18. The molecule has 0 radical (unpaired) electrons. The fraction of sp³-hybridized carbons (Fsp3) is 0.600. The second-order valence-electron chi connectivity index (χ2n) is 3.82. The maximum Gasteiger partial charge on any atom is 0.272 e. The number of H-pyrrole nitrogens is 1. The fourth-order valence-electron chi connectivity index (χ4n) is 2.08. The number of aromatic nitrogens is 2. The molecule has 1 aromatic heterocycles. The van der Waals surface area contributed by atoms with Crippen molar-refractivity contribution in [2.24, 2.45) is 0 Å². The zero-order valence-corrected chi connectivity index (χ0v) is 10.1. The van der Waals surface area contributed by atoms with E-state index >= 15 is 0 Å². The largest absolute Gasteiger partial charge is 0.333 e. The van der Waals surface area contributed by atoms with Gasteiger partial charge in [0.15, 0.2) is 0 Å². The van der Waals surface area contributed by atoms with Gasteiger partial charge in [-0.05, 0) is 26.0 Å². The monoisotopic (exact) mass is 244 g/mol. The predicted molar refractivity (Wildman–Crippen MR) is 63.8 cm³/mol. The van der Waals surface area contributed by atoms with Crippen LogP contribution < -0.4 is 5.32 Å². The molecule has 1 fully saturated rings.